The van der Waals surface area contributed by atoms with Crippen LogP contribution in [0.2, 0.25) is 0 Å². The number of hydrogen-bond acceptors (Lipinski definition) is 6. The molecule has 0 radical (unpaired) electrons. The minimum Gasteiger partial charge on any atom is -0.383 e. The van der Waals surface area contributed by atoms with Gasteiger partial charge in [0.25, 0.3) is 0 Å². The van der Waals surface area contributed by atoms with Gasteiger partial charge in [-0.15, -0.1) is 0 Å². The van der Waals surface area contributed by atoms with Crippen LogP contribution < -0.4 is 16.8 Å². The second kappa shape index (κ2) is 7.69. The lowest BCUT2D eigenvalue weighted by Crippen LogP contribution is -2.46. The van der Waals surface area contributed by atoms with Gasteiger partial charge in [0.05, 0.1) is 6.04 Å². The van der Waals surface area contributed by atoms with E-state index in [9.17, 15) is 4.39 Å². The smallest absolute Gasteiger partial charge is 0.151 e. The molecule has 28 heavy (non-hydrogen) atoms. The summed E-state index contributed by atoms with van der Waals surface area (Å²) in [5, 5.41) is 3.38. The van der Waals surface area contributed by atoms with E-state index in [1.165, 1.54) is 6.07 Å². The van der Waals surface area contributed by atoms with Crippen molar-refractivity contribution in [1.82, 2.24) is 20.2 Å². The van der Waals surface area contributed by atoms with Crippen molar-refractivity contribution in [2.45, 2.75) is 37.5 Å². The molecule has 146 valence electrons. The largest absolute Gasteiger partial charge is 0.383 e. The molecule has 2 atom stereocenters. The molecule has 0 bridgehead atoms. The number of nitrogens with zero attached hydrogens (tertiary/aromatic N) is 3. The average molecular weight is 380 g/mol. The summed E-state index contributed by atoms with van der Waals surface area (Å²) in [6, 6.07) is 6.22. The molecule has 0 saturated heterocycles. The maximum absolute atomic E-state index is 14.0. The SMILES string of the molecule is CN1C=CC=C(C(N)c2ncc(C3CC3)c(N)n2)C1NCc1ccccc1F. The number of rotatable bonds is 6. The monoisotopic (exact) mass is 380 g/mol. The third-order valence-corrected chi connectivity index (χ3v) is 5.30. The number of nitrogens with two attached hydrogens (primary N) is 2. The molecule has 7 heteroatoms. The molecule has 6 nitrogen and oxygen atoms in total. The van der Waals surface area contributed by atoms with Gasteiger partial charge in [-0.25, -0.2) is 14.4 Å². The third-order valence-electron chi connectivity index (χ3n) is 5.30. The van der Waals surface area contributed by atoms with Gasteiger partial charge in [-0.3, -0.25) is 5.32 Å². The van der Waals surface area contributed by atoms with Crippen LogP contribution in [0.1, 0.15) is 41.8 Å². The third kappa shape index (κ3) is 3.76. The van der Waals surface area contributed by atoms with Crippen LogP contribution in [0.5, 0.6) is 0 Å². The zero-order valence-corrected chi connectivity index (χ0v) is 15.8. The first-order valence-electron chi connectivity index (χ1n) is 9.49. The Labute approximate surface area is 164 Å². The zero-order chi connectivity index (χ0) is 19.7. The summed E-state index contributed by atoms with van der Waals surface area (Å²) >= 11 is 0. The number of allylic oxidation sites excluding steroid dienone is 2. The summed E-state index contributed by atoms with van der Waals surface area (Å²) in [5.74, 6) is 1.27. The Balaban J connectivity index is 1.53. The Bertz CT molecular complexity index is 921. The van der Waals surface area contributed by atoms with Gasteiger partial charge in [-0.05, 0) is 36.5 Å². The highest BCUT2D eigenvalue weighted by Crippen LogP contribution is 2.42. The van der Waals surface area contributed by atoms with Crippen molar-refractivity contribution in [3.05, 3.63) is 77.2 Å². The molecule has 1 aromatic heterocycles. The Morgan fingerprint density at radius 2 is 2.11 bits per heavy atom. The number of benzene rings is 1. The van der Waals surface area contributed by atoms with Crippen LogP contribution >= 0.6 is 0 Å². The average Bonchev–Trinajstić information content (AvgIpc) is 3.52. The van der Waals surface area contributed by atoms with Crippen LogP contribution in [-0.4, -0.2) is 28.1 Å². The fourth-order valence-electron chi connectivity index (χ4n) is 3.51. The van der Waals surface area contributed by atoms with E-state index in [0.717, 1.165) is 24.0 Å². The lowest BCUT2D eigenvalue weighted by atomic mass is 10.00. The summed E-state index contributed by atoms with van der Waals surface area (Å²) in [6.07, 6.45) is 9.72. The van der Waals surface area contributed by atoms with Gasteiger partial charge in [-0.2, -0.15) is 0 Å². The van der Waals surface area contributed by atoms with Crippen LogP contribution in [0.25, 0.3) is 0 Å². The first-order chi connectivity index (χ1) is 13.5. The van der Waals surface area contributed by atoms with Gasteiger partial charge in [0.2, 0.25) is 0 Å². The molecular formula is C21H25FN6. The maximum Gasteiger partial charge on any atom is 0.151 e. The first kappa shape index (κ1) is 18.6. The van der Waals surface area contributed by atoms with Crippen molar-refractivity contribution < 1.29 is 4.39 Å². The molecule has 2 aromatic rings. The second-order valence-corrected chi connectivity index (χ2v) is 7.37. The van der Waals surface area contributed by atoms with Crippen LogP contribution in [0.3, 0.4) is 0 Å². The van der Waals surface area contributed by atoms with E-state index in [1.54, 1.807) is 18.3 Å². The lowest BCUT2D eigenvalue weighted by molar-refractivity contribution is 0.294. The van der Waals surface area contributed by atoms with E-state index >= 15 is 0 Å². The Morgan fingerprint density at radius 3 is 2.82 bits per heavy atom. The fraction of sp³-hybridized carbons (Fsp3) is 0.333. The van der Waals surface area contributed by atoms with Crippen molar-refractivity contribution in [3.63, 3.8) is 0 Å². The van der Waals surface area contributed by atoms with E-state index in [1.807, 2.05) is 36.4 Å². The number of anilines is 1. The zero-order valence-electron chi connectivity index (χ0n) is 15.8. The van der Waals surface area contributed by atoms with Crippen molar-refractivity contribution in [2.75, 3.05) is 12.8 Å². The normalized spacial score (nSPS) is 20.2. The van der Waals surface area contributed by atoms with Crippen molar-refractivity contribution in [3.8, 4) is 0 Å². The Hall–Kier alpha value is -2.77. The van der Waals surface area contributed by atoms with E-state index < -0.39 is 6.04 Å². The number of halogens is 1. The molecule has 2 heterocycles. The van der Waals surface area contributed by atoms with Crippen LogP contribution in [0.15, 0.2) is 54.4 Å². The molecule has 1 aromatic carbocycles. The standard InChI is InChI=1S/C21H25FN6/c1-28-10-4-6-15(21(28)26-11-14-5-2-3-7-17(14)22)18(23)20-25-12-16(13-8-9-13)19(24)27-20/h2-7,10,12-13,18,21,26H,8-9,11,23H2,1H3,(H2,24,25,27). The quantitative estimate of drug-likeness (QED) is 0.713. The molecule has 2 unspecified atom stereocenters. The summed E-state index contributed by atoms with van der Waals surface area (Å²) in [5.41, 5.74) is 15.2. The fourth-order valence-corrected chi connectivity index (χ4v) is 3.51. The molecule has 0 spiro atoms. The number of nitrogen functional groups attached to an aromatic ring is 1. The molecule has 1 aliphatic carbocycles. The van der Waals surface area contributed by atoms with Crippen LogP contribution in [0.4, 0.5) is 10.2 Å². The second-order valence-electron chi connectivity index (χ2n) is 7.37. The van der Waals surface area contributed by atoms with Gasteiger partial charge < -0.3 is 16.4 Å². The molecule has 2 aliphatic rings. The van der Waals surface area contributed by atoms with Crippen molar-refractivity contribution in [1.29, 1.82) is 0 Å². The number of hydrogen-bond donors (Lipinski definition) is 3. The van der Waals surface area contributed by atoms with Gasteiger partial charge in [0.15, 0.2) is 5.82 Å². The number of aromatic nitrogens is 2. The van der Waals surface area contributed by atoms with Crippen molar-refractivity contribution >= 4 is 5.82 Å². The van der Waals surface area contributed by atoms with Crippen molar-refractivity contribution in [2.24, 2.45) is 5.73 Å². The highest BCUT2D eigenvalue weighted by molar-refractivity contribution is 5.43. The van der Waals surface area contributed by atoms with Gasteiger partial charge in [-0.1, -0.05) is 24.3 Å². The minimum atomic E-state index is -0.513. The summed E-state index contributed by atoms with van der Waals surface area (Å²) in [6.45, 7) is 0.378. The summed E-state index contributed by atoms with van der Waals surface area (Å²) in [7, 11) is 1.95. The van der Waals surface area contributed by atoms with Gasteiger partial charge in [0, 0.05) is 37.1 Å². The van der Waals surface area contributed by atoms with E-state index in [4.69, 9.17) is 11.5 Å². The van der Waals surface area contributed by atoms with E-state index in [0.29, 0.717) is 29.7 Å². The van der Waals surface area contributed by atoms with E-state index in [2.05, 4.69) is 15.3 Å². The van der Waals surface area contributed by atoms with Gasteiger partial charge in [0.1, 0.15) is 17.8 Å². The first-order valence-corrected chi connectivity index (χ1v) is 9.49. The van der Waals surface area contributed by atoms with Crippen LogP contribution in [0, 0.1) is 5.82 Å². The lowest BCUT2D eigenvalue weighted by Gasteiger charge is -2.34. The molecular weight excluding hydrogens is 355 g/mol. The van der Waals surface area contributed by atoms with Crippen LogP contribution in [-0.2, 0) is 6.54 Å². The van der Waals surface area contributed by atoms with E-state index in [-0.39, 0.29) is 12.0 Å². The molecule has 4 rings (SSSR count). The Kier molecular flexibility index (Phi) is 5.11. The molecule has 1 fully saturated rings. The summed E-state index contributed by atoms with van der Waals surface area (Å²) < 4.78 is 14.0. The maximum atomic E-state index is 14.0. The molecule has 1 saturated carbocycles. The number of nitrogens with one attached hydrogen (secondary N) is 1. The number of likely N-dealkylation sites (N-methyl/N-ethyl adjacent to an activating group) is 1. The molecule has 5 N–H and O–H groups in total. The topological polar surface area (TPSA) is 93.1 Å². The summed E-state index contributed by atoms with van der Waals surface area (Å²) in [4.78, 5) is 11.0. The Morgan fingerprint density at radius 1 is 1.32 bits per heavy atom. The molecule has 1 aliphatic heterocycles. The highest BCUT2D eigenvalue weighted by atomic mass is 19.1. The predicted molar refractivity (Wildman–Crippen MR) is 107 cm³/mol. The highest BCUT2D eigenvalue weighted by Gasteiger charge is 2.30. The minimum absolute atomic E-state index is 0.201. The molecule has 0 amide bonds. The van der Waals surface area contributed by atoms with Gasteiger partial charge >= 0.3 is 0 Å². The predicted octanol–water partition coefficient (Wildman–Crippen LogP) is 2.58.